The number of anilines is 2. The predicted octanol–water partition coefficient (Wildman–Crippen LogP) is 3.34. The van der Waals surface area contributed by atoms with E-state index in [9.17, 15) is 13.2 Å². The molecule has 2 heterocycles. The summed E-state index contributed by atoms with van der Waals surface area (Å²) in [5.74, 6) is 0.607. The predicted molar refractivity (Wildman–Crippen MR) is 130 cm³/mol. The van der Waals surface area contributed by atoms with E-state index < -0.39 is 15.6 Å². The Hall–Kier alpha value is -2.16. The monoisotopic (exact) mass is 478 g/mol. The fourth-order valence-corrected chi connectivity index (χ4v) is 4.64. The second kappa shape index (κ2) is 9.77. The van der Waals surface area contributed by atoms with Gasteiger partial charge in [-0.1, -0.05) is 35.9 Å². The van der Waals surface area contributed by atoms with Crippen molar-refractivity contribution in [1.82, 2.24) is 4.98 Å². The number of hydrogen-bond donors (Lipinski definition) is 2. The molecular formula is C23H31ClN4O3S. The van der Waals surface area contributed by atoms with E-state index in [1.165, 1.54) is 12.6 Å². The number of sulfonamides is 1. The van der Waals surface area contributed by atoms with Crippen molar-refractivity contribution in [1.29, 1.82) is 0 Å². The normalized spacial score (nSPS) is 20.5. The van der Waals surface area contributed by atoms with Crippen molar-refractivity contribution in [3.8, 4) is 0 Å². The van der Waals surface area contributed by atoms with Crippen LogP contribution in [0.5, 0.6) is 0 Å². The van der Waals surface area contributed by atoms with Gasteiger partial charge in [0, 0.05) is 20.0 Å². The van der Waals surface area contributed by atoms with E-state index in [0.717, 1.165) is 35.4 Å². The number of halogens is 1. The number of fused-ring (bicyclic) bond motifs is 4. The van der Waals surface area contributed by atoms with Gasteiger partial charge in [-0.05, 0) is 61.8 Å². The topological polar surface area (TPSA) is 105 Å². The molecule has 0 radical (unpaired) electrons. The molecule has 0 spiro atoms. The first-order chi connectivity index (χ1) is 15.0. The van der Waals surface area contributed by atoms with Gasteiger partial charge in [-0.2, -0.15) is 0 Å². The molecule has 0 amide bonds. The fraction of sp³-hybridized carbons (Fsp3) is 0.478. The van der Waals surface area contributed by atoms with Crippen LogP contribution in [0.15, 0.2) is 30.3 Å². The molecule has 9 heteroatoms. The second-order valence-electron chi connectivity index (χ2n) is 8.76. The van der Waals surface area contributed by atoms with Gasteiger partial charge in [0.05, 0.1) is 16.8 Å². The summed E-state index contributed by atoms with van der Waals surface area (Å²) in [6, 6.07) is 10.0. The summed E-state index contributed by atoms with van der Waals surface area (Å²) in [5.41, 5.74) is 8.35. The number of carbonyl (C=O) groups is 1. The number of nitrogens with two attached hydrogens (primary N) is 1. The lowest BCUT2D eigenvalue weighted by Crippen LogP contribution is -2.47. The highest BCUT2D eigenvalue weighted by molar-refractivity contribution is 7.92. The molecule has 1 aliphatic rings. The molecule has 32 heavy (non-hydrogen) atoms. The first-order valence-electron chi connectivity index (χ1n) is 10.7. The molecule has 0 saturated carbocycles. The summed E-state index contributed by atoms with van der Waals surface area (Å²) in [6.07, 6.45) is 4.91. The molecule has 0 fully saturated rings. The first kappa shape index (κ1) is 24.5. The van der Waals surface area contributed by atoms with E-state index in [-0.39, 0.29) is 23.0 Å². The lowest BCUT2D eigenvalue weighted by atomic mass is 9.86. The maximum atomic E-state index is 13.0. The highest BCUT2D eigenvalue weighted by Gasteiger charge is 2.29. The van der Waals surface area contributed by atoms with Crippen LogP contribution in [-0.2, 0) is 34.1 Å². The van der Waals surface area contributed by atoms with Gasteiger partial charge in [0.25, 0.3) is 0 Å². The third-order valence-corrected chi connectivity index (χ3v) is 7.41. The van der Waals surface area contributed by atoms with Crippen LogP contribution in [-0.4, -0.2) is 44.6 Å². The average Bonchev–Trinajstić information content (AvgIpc) is 2.71. The zero-order valence-corrected chi connectivity index (χ0v) is 20.4. The Labute approximate surface area is 195 Å². The average molecular weight is 479 g/mol. The number of carbonyl (C=O) groups excluding carboxylic acids is 1. The van der Waals surface area contributed by atoms with Gasteiger partial charge in [0.15, 0.2) is 11.6 Å². The number of rotatable bonds is 2. The summed E-state index contributed by atoms with van der Waals surface area (Å²) in [7, 11) is -2.14. The quantitative estimate of drug-likeness (QED) is 0.685. The summed E-state index contributed by atoms with van der Waals surface area (Å²) in [5, 5.41) is 3.50. The van der Waals surface area contributed by atoms with Crippen molar-refractivity contribution in [3.63, 3.8) is 0 Å². The molecule has 0 saturated heterocycles. The number of benzene rings is 1. The van der Waals surface area contributed by atoms with Crippen molar-refractivity contribution >= 4 is 39.0 Å². The fourth-order valence-electron chi connectivity index (χ4n) is 3.83. The van der Waals surface area contributed by atoms with Crippen molar-refractivity contribution < 1.29 is 13.2 Å². The number of hydrogen-bond acceptors (Lipinski definition) is 6. The van der Waals surface area contributed by atoms with Crippen LogP contribution in [0.25, 0.3) is 0 Å². The van der Waals surface area contributed by atoms with E-state index in [1.54, 1.807) is 13.0 Å². The maximum absolute atomic E-state index is 13.0. The Morgan fingerprint density at radius 3 is 2.59 bits per heavy atom. The van der Waals surface area contributed by atoms with E-state index >= 15 is 0 Å². The SMILES string of the molecule is CN(c1nc2cc(c1Cl)CCC(=O)C(C)(N)Cc1cccc(c1)CCCCN2)S(C)(=O)=O. The van der Waals surface area contributed by atoms with Crippen LogP contribution in [0.3, 0.4) is 0 Å². The van der Waals surface area contributed by atoms with Crippen molar-refractivity contribution in [2.24, 2.45) is 5.73 Å². The van der Waals surface area contributed by atoms with Crippen LogP contribution >= 0.6 is 11.6 Å². The number of nitrogens with one attached hydrogen (secondary N) is 1. The lowest BCUT2D eigenvalue weighted by molar-refractivity contribution is -0.123. The molecule has 1 unspecified atom stereocenters. The Morgan fingerprint density at radius 2 is 1.88 bits per heavy atom. The zero-order chi connectivity index (χ0) is 23.5. The Morgan fingerprint density at radius 1 is 1.16 bits per heavy atom. The van der Waals surface area contributed by atoms with Gasteiger partial charge in [-0.3, -0.25) is 9.10 Å². The smallest absolute Gasteiger partial charge is 0.233 e. The number of Topliss-reactive ketones (excluding diaryl/α,β-unsaturated/α-hetero) is 1. The van der Waals surface area contributed by atoms with E-state index in [2.05, 4.69) is 22.4 Å². The van der Waals surface area contributed by atoms with E-state index in [0.29, 0.717) is 30.8 Å². The summed E-state index contributed by atoms with van der Waals surface area (Å²) >= 11 is 6.54. The summed E-state index contributed by atoms with van der Waals surface area (Å²) < 4.78 is 25.3. The van der Waals surface area contributed by atoms with E-state index in [4.69, 9.17) is 17.3 Å². The van der Waals surface area contributed by atoms with Gasteiger partial charge >= 0.3 is 0 Å². The molecular weight excluding hydrogens is 448 g/mol. The van der Waals surface area contributed by atoms with Crippen LogP contribution in [0, 0.1) is 0 Å². The Balaban J connectivity index is 1.96. The molecule has 1 atom stereocenters. The minimum absolute atomic E-state index is 0.0737. The van der Waals surface area contributed by atoms with Crippen molar-refractivity contribution in [2.45, 2.75) is 51.0 Å². The number of aryl methyl sites for hydroxylation is 2. The third kappa shape index (κ3) is 5.99. The van der Waals surface area contributed by atoms with Crippen LogP contribution in [0.1, 0.15) is 42.9 Å². The molecule has 3 N–H and O–H groups in total. The highest BCUT2D eigenvalue weighted by atomic mass is 35.5. The summed E-state index contributed by atoms with van der Waals surface area (Å²) in [6.45, 7) is 2.45. The minimum Gasteiger partial charge on any atom is -0.370 e. The Kier molecular flexibility index (Phi) is 7.47. The maximum Gasteiger partial charge on any atom is 0.233 e. The van der Waals surface area contributed by atoms with E-state index in [1.807, 2.05) is 12.1 Å². The van der Waals surface area contributed by atoms with Crippen LogP contribution in [0.2, 0.25) is 5.02 Å². The zero-order valence-electron chi connectivity index (χ0n) is 18.8. The Bertz CT molecular complexity index is 1100. The largest absolute Gasteiger partial charge is 0.370 e. The second-order valence-corrected chi connectivity index (χ2v) is 11.1. The van der Waals surface area contributed by atoms with Crippen LogP contribution in [0.4, 0.5) is 11.6 Å². The molecule has 3 rings (SSSR count). The molecule has 4 bridgehead atoms. The molecule has 0 aliphatic carbocycles. The van der Waals surface area contributed by atoms with Gasteiger partial charge in [0.1, 0.15) is 5.82 Å². The van der Waals surface area contributed by atoms with Gasteiger partial charge in [0.2, 0.25) is 10.0 Å². The number of ketones is 1. The van der Waals surface area contributed by atoms with Crippen LogP contribution < -0.4 is 15.4 Å². The lowest BCUT2D eigenvalue weighted by Gasteiger charge is -2.24. The van der Waals surface area contributed by atoms with Gasteiger partial charge < -0.3 is 11.1 Å². The molecule has 7 nitrogen and oxygen atoms in total. The standard InChI is InChI=1S/C23H31ClN4O3S/c1-23(25)15-17-9-6-8-16(13-17)7-4-5-12-26-20-14-18(10-11-19(23)29)21(24)22(27-20)28(2)32(3,30)31/h6,8-9,13-14H,4-5,7,10-12,15,25H2,1-3H3,(H,26,27). The number of aromatic nitrogens is 1. The number of nitrogens with zero attached hydrogens (tertiary/aromatic N) is 2. The molecule has 2 aromatic rings. The molecule has 174 valence electrons. The van der Waals surface area contributed by atoms with Gasteiger partial charge in [-0.15, -0.1) is 0 Å². The molecule has 1 aromatic carbocycles. The minimum atomic E-state index is -3.55. The highest BCUT2D eigenvalue weighted by Crippen LogP contribution is 2.32. The van der Waals surface area contributed by atoms with Crippen molar-refractivity contribution in [2.75, 3.05) is 29.5 Å². The number of pyridine rings is 1. The molecule has 1 aliphatic heterocycles. The summed E-state index contributed by atoms with van der Waals surface area (Å²) in [4.78, 5) is 17.4. The first-order valence-corrected chi connectivity index (χ1v) is 13.0. The molecule has 1 aromatic heterocycles. The van der Waals surface area contributed by atoms with Crippen molar-refractivity contribution in [3.05, 3.63) is 52.0 Å². The van der Waals surface area contributed by atoms with Gasteiger partial charge in [-0.25, -0.2) is 13.4 Å². The third-order valence-electron chi connectivity index (χ3n) is 5.83.